The van der Waals surface area contributed by atoms with Crippen LogP contribution in [0.2, 0.25) is 0 Å². The van der Waals surface area contributed by atoms with Crippen molar-refractivity contribution in [1.29, 1.82) is 0 Å². The topological polar surface area (TPSA) is 44.8 Å². The van der Waals surface area contributed by atoms with E-state index >= 15 is 0 Å². The number of ether oxygens (including phenoxy) is 1. The second kappa shape index (κ2) is 9.58. The third-order valence-corrected chi connectivity index (χ3v) is 6.10. The van der Waals surface area contributed by atoms with E-state index in [1.165, 1.54) is 37.1 Å². The number of carbonyl (C=O) groups is 1. The third kappa shape index (κ3) is 4.99. The van der Waals surface area contributed by atoms with Gasteiger partial charge >= 0.3 is 0 Å². The molecule has 2 fully saturated rings. The van der Waals surface area contributed by atoms with E-state index in [4.69, 9.17) is 4.74 Å². The molecule has 0 aliphatic carbocycles. The number of rotatable bonds is 5. The van der Waals surface area contributed by atoms with Crippen molar-refractivity contribution in [3.8, 4) is 0 Å². The lowest BCUT2D eigenvalue weighted by Gasteiger charge is -2.36. The number of benzene rings is 2. The predicted octanol–water partition coefficient (Wildman–Crippen LogP) is 4.22. The standard InChI is InChI=1S/C24H30FN3O2/c1-18(28-14-15-30-23(17-28)19-6-5-7-20(25)16-19)24(29)26-21-8-10-22(11-9-21)27-12-3-2-4-13-27/h5-11,16,18,23H,2-4,12-15,17H2,1H3,(H,26,29). The van der Waals surface area contributed by atoms with Crippen molar-refractivity contribution >= 4 is 17.3 Å². The zero-order valence-corrected chi connectivity index (χ0v) is 17.5. The Morgan fingerprint density at radius 3 is 2.60 bits per heavy atom. The number of nitrogens with zero attached hydrogens (tertiary/aromatic N) is 2. The van der Waals surface area contributed by atoms with Gasteiger partial charge in [0, 0.05) is 37.6 Å². The first kappa shape index (κ1) is 20.8. The van der Waals surface area contributed by atoms with Crippen LogP contribution in [-0.2, 0) is 9.53 Å². The highest BCUT2D eigenvalue weighted by Crippen LogP contribution is 2.25. The number of anilines is 2. The summed E-state index contributed by atoms with van der Waals surface area (Å²) in [6.45, 7) is 5.87. The SMILES string of the molecule is CC(C(=O)Nc1ccc(N2CCCCC2)cc1)N1CCOC(c2cccc(F)c2)C1. The molecule has 0 aromatic heterocycles. The molecule has 1 amide bonds. The molecule has 0 spiro atoms. The van der Waals surface area contributed by atoms with Gasteiger partial charge in [0.25, 0.3) is 0 Å². The van der Waals surface area contributed by atoms with Gasteiger partial charge in [-0.05, 0) is 68.1 Å². The molecule has 5 nitrogen and oxygen atoms in total. The number of carbonyl (C=O) groups excluding carboxylic acids is 1. The Kier molecular flexibility index (Phi) is 6.65. The average molecular weight is 412 g/mol. The maximum absolute atomic E-state index is 13.6. The van der Waals surface area contributed by atoms with Crippen LogP contribution in [0.15, 0.2) is 48.5 Å². The lowest BCUT2D eigenvalue weighted by molar-refractivity contribution is -0.124. The Balaban J connectivity index is 1.34. The minimum atomic E-state index is -0.299. The number of hydrogen-bond donors (Lipinski definition) is 1. The van der Waals surface area contributed by atoms with Crippen molar-refractivity contribution in [2.45, 2.75) is 38.3 Å². The van der Waals surface area contributed by atoms with E-state index in [9.17, 15) is 9.18 Å². The number of amides is 1. The molecule has 2 heterocycles. The summed E-state index contributed by atoms with van der Waals surface area (Å²) in [5.74, 6) is -0.312. The number of morpholine rings is 1. The Labute approximate surface area is 177 Å². The highest BCUT2D eigenvalue weighted by molar-refractivity contribution is 5.94. The van der Waals surface area contributed by atoms with E-state index in [1.54, 1.807) is 6.07 Å². The fraction of sp³-hybridized carbons (Fsp3) is 0.458. The molecular formula is C24H30FN3O2. The number of halogens is 1. The molecule has 2 aromatic rings. The first-order chi connectivity index (χ1) is 14.6. The Morgan fingerprint density at radius 1 is 1.10 bits per heavy atom. The van der Waals surface area contributed by atoms with Gasteiger partial charge in [-0.25, -0.2) is 4.39 Å². The molecular weight excluding hydrogens is 381 g/mol. The van der Waals surface area contributed by atoms with Crippen molar-refractivity contribution in [3.05, 3.63) is 59.9 Å². The maximum Gasteiger partial charge on any atom is 0.241 e. The second-order valence-corrected chi connectivity index (χ2v) is 8.17. The lowest BCUT2D eigenvalue weighted by atomic mass is 10.1. The normalized spacial score (nSPS) is 21.3. The van der Waals surface area contributed by atoms with Gasteiger partial charge in [-0.15, -0.1) is 0 Å². The molecule has 2 atom stereocenters. The van der Waals surface area contributed by atoms with Crippen LogP contribution in [-0.4, -0.2) is 49.6 Å². The van der Waals surface area contributed by atoms with Gasteiger partial charge < -0.3 is 15.0 Å². The molecule has 4 rings (SSSR count). The van der Waals surface area contributed by atoms with Crippen molar-refractivity contribution in [3.63, 3.8) is 0 Å². The Morgan fingerprint density at radius 2 is 1.87 bits per heavy atom. The van der Waals surface area contributed by atoms with E-state index < -0.39 is 0 Å². The molecule has 30 heavy (non-hydrogen) atoms. The summed E-state index contributed by atoms with van der Waals surface area (Å²) in [6.07, 6.45) is 3.57. The predicted molar refractivity (Wildman–Crippen MR) is 117 cm³/mol. The van der Waals surface area contributed by atoms with E-state index in [0.29, 0.717) is 19.7 Å². The molecule has 2 aromatic carbocycles. The largest absolute Gasteiger partial charge is 0.372 e. The van der Waals surface area contributed by atoms with Crippen LogP contribution in [0.4, 0.5) is 15.8 Å². The molecule has 0 saturated carbocycles. The van der Waals surface area contributed by atoms with Gasteiger partial charge in [0.15, 0.2) is 0 Å². The van der Waals surface area contributed by atoms with Crippen LogP contribution in [0.25, 0.3) is 0 Å². The lowest BCUT2D eigenvalue weighted by Crippen LogP contribution is -2.48. The van der Waals surface area contributed by atoms with Crippen LogP contribution in [0.3, 0.4) is 0 Å². The molecule has 160 valence electrons. The summed E-state index contributed by atoms with van der Waals surface area (Å²) in [4.78, 5) is 17.3. The third-order valence-electron chi connectivity index (χ3n) is 6.10. The van der Waals surface area contributed by atoms with Crippen LogP contribution in [0.5, 0.6) is 0 Å². The van der Waals surface area contributed by atoms with Gasteiger partial charge in [0.05, 0.1) is 18.8 Å². The van der Waals surface area contributed by atoms with Gasteiger partial charge in [0.2, 0.25) is 5.91 Å². The molecule has 2 unspecified atom stereocenters. The monoisotopic (exact) mass is 411 g/mol. The quantitative estimate of drug-likeness (QED) is 0.800. The molecule has 1 N–H and O–H groups in total. The van der Waals surface area contributed by atoms with Crippen molar-refractivity contribution in [2.75, 3.05) is 43.0 Å². The fourth-order valence-corrected chi connectivity index (χ4v) is 4.25. The van der Waals surface area contributed by atoms with E-state index in [1.807, 2.05) is 25.1 Å². The number of piperidine rings is 1. The van der Waals surface area contributed by atoms with E-state index in [0.717, 1.165) is 24.3 Å². The van der Waals surface area contributed by atoms with Crippen molar-refractivity contribution in [1.82, 2.24) is 4.90 Å². The molecule has 0 radical (unpaired) electrons. The molecule has 2 saturated heterocycles. The first-order valence-corrected chi connectivity index (χ1v) is 10.9. The smallest absolute Gasteiger partial charge is 0.241 e. The van der Waals surface area contributed by atoms with Crippen LogP contribution < -0.4 is 10.2 Å². The molecule has 0 bridgehead atoms. The Hall–Kier alpha value is -2.44. The number of nitrogens with one attached hydrogen (secondary N) is 1. The van der Waals surface area contributed by atoms with E-state index in [-0.39, 0.29) is 23.9 Å². The summed E-state index contributed by atoms with van der Waals surface area (Å²) in [7, 11) is 0. The van der Waals surface area contributed by atoms with Crippen molar-refractivity contribution < 1.29 is 13.9 Å². The van der Waals surface area contributed by atoms with Crippen LogP contribution >= 0.6 is 0 Å². The highest BCUT2D eigenvalue weighted by Gasteiger charge is 2.29. The molecule has 2 aliphatic heterocycles. The van der Waals surface area contributed by atoms with Crippen molar-refractivity contribution in [2.24, 2.45) is 0 Å². The molecule has 6 heteroatoms. The van der Waals surface area contributed by atoms with Gasteiger partial charge in [-0.2, -0.15) is 0 Å². The summed E-state index contributed by atoms with van der Waals surface area (Å²) in [6, 6.07) is 14.3. The first-order valence-electron chi connectivity index (χ1n) is 10.9. The summed E-state index contributed by atoms with van der Waals surface area (Å²) in [5, 5.41) is 3.03. The van der Waals surface area contributed by atoms with E-state index in [2.05, 4.69) is 27.2 Å². The minimum Gasteiger partial charge on any atom is -0.372 e. The Bertz CT molecular complexity index is 852. The fourth-order valence-electron chi connectivity index (χ4n) is 4.25. The molecule has 2 aliphatic rings. The zero-order valence-electron chi connectivity index (χ0n) is 17.5. The highest BCUT2D eigenvalue weighted by atomic mass is 19.1. The van der Waals surface area contributed by atoms with Gasteiger partial charge in [-0.3, -0.25) is 9.69 Å². The summed E-state index contributed by atoms with van der Waals surface area (Å²) >= 11 is 0. The number of hydrogen-bond acceptors (Lipinski definition) is 4. The maximum atomic E-state index is 13.6. The van der Waals surface area contributed by atoms with Gasteiger partial charge in [0.1, 0.15) is 5.82 Å². The van der Waals surface area contributed by atoms with Crippen LogP contribution in [0.1, 0.15) is 37.9 Å². The average Bonchev–Trinajstić information content (AvgIpc) is 2.80. The summed E-state index contributed by atoms with van der Waals surface area (Å²) in [5.41, 5.74) is 2.83. The summed E-state index contributed by atoms with van der Waals surface area (Å²) < 4.78 is 19.4. The zero-order chi connectivity index (χ0) is 20.9. The van der Waals surface area contributed by atoms with Gasteiger partial charge in [-0.1, -0.05) is 12.1 Å². The van der Waals surface area contributed by atoms with Crippen LogP contribution in [0, 0.1) is 5.82 Å². The second-order valence-electron chi connectivity index (χ2n) is 8.17. The minimum absolute atomic E-state index is 0.0411.